The molecule has 152 valence electrons. The Bertz CT molecular complexity index is 738. The number of nitrogens with one attached hydrogen (secondary N) is 2. The van der Waals surface area contributed by atoms with Crippen LogP contribution in [0.2, 0.25) is 0 Å². The van der Waals surface area contributed by atoms with Crippen LogP contribution >= 0.6 is 23.1 Å². The zero-order valence-electron chi connectivity index (χ0n) is 16.6. The molecule has 3 N–H and O–H groups in total. The first-order valence-electron chi connectivity index (χ1n) is 9.78. The zero-order valence-corrected chi connectivity index (χ0v) is 18.3. The first-order chi connectivity index (χ1) is 13.6. The van der Waals surface area contributed by atoms with Gasteiger partial charge in [-0.2, -0.15) is 11.8 Å². The summed E-state index contributed by atoms with van der Waals surface area (Å²) >= 11 is 3.59. The lowest BCUT2D eigenvalue weighted by Gasteiger charge is -2.28. The Kier molecular flexibility index (Phi) is 7.65. The topological polar surface area (TPSA) is 59.9 Å². The number of aliphatic hydroxyl groups is 1. The van der Waals surface area contributed by atoms with E-state index in [0.717, 1.165) is 30.5 Å². The van der Waals surface area contributed by atoms with Crippen molar-refractivity contribution in [1.29, 1.82) is 0 Å². The van der Waals surface area contributed by atoms with Gasteiger partial charge in [-0.05, 0) is 43.0 Å². The summed E-state index contributed by atoms with van der Waals surface area (Å²) in [5.74, 6) is 3.13. The van der Waals surface area contributed by atoms with E-state index in [2.05, 4.69) is 44.8 Å². The SMILES string of the molecule is CCNC(=NCc1ccc(N2CCSCC2)cc1)NCC(C)(O)c1cccs1. The minimum absolute atomic E-state index is 0.408. The highest BCUT2D eigenvalue weighted by Crippen LogP contribution is 2.24. The second kappa shape index (κ2) is 10.2. The average Bonchev–Trinajstić information content (AvgIpc) is 3.27. The lowest BCUT2D eigenvalue weighted by molar-refractivity contribution is 0.0655. The molecule has 0 radical (unpaired) electrons. The van der Waals surface area contributed by atoms with Gasteiger partial charge in [-0.3, -0.25) is 0 Å². The Morgan fingerprint density at radius 1 is 1.18 bits per heavy atom. The van der Waals surface area contributed by atoms with E-state index in [1.165, 1.54) is 22.8 Å². The molecule has 1 fully saturated rings. The summed E-state index contributed by atoms with van der Waals surface area (Å²) in [4.78, 5) is 8.07. The van der Waals surface area contributed by atoms with Crippen LogP contribution in [0.3, 0.4) is 0 Å². The van der Waals surface area contributed by atoms with Crippen LogP contribution in [0.1, 0.15) is 24.3 Å². The van der Waals surface area contributed by atoms with Crippen molar-refractivity contribution in [2.75, 3.05) is 42.6 Å². The minimum Gasteiger partial charge on any atom is -0.383 e. The number of thiophene rings is 1. The van der Waals surface area contributed by atoms with E-state index in [1.807, 2.05) is 43.1 Å². The van der Waals surface area contributed by atoms with Crippen LogP contribution < -0.4 is 15.5 Å². The maximum atomic E-state index is 10.7. The third-order valence-corrected chi connectivity index (χ3v) is 6.79. The third kappa shape index (κ3) is 5.90. The molecule has 5 nitrogen and oxygen atoms in total. The molecule has 28 heavy (non-hydrogen) atoms. The van der Waals surface area contributed by atoms with Gasteiger partial charge in [0.2, 0.25) is 0 Å². The van der Waals surface area contributed by atoms with Crippen molar-refractivity contribution in [2.45, 2.75) is 26.0 Å². The molecule has 0 bridgehead atoms. The van der Waals surface area contributed by atoms with Gasteiger partial charge in [0.1, 0.15) is 5.60 Å². The second-order valence-electron chi connectivity index (χ2n) is 7.07. The predicted octanol–water partition coefficient (Wildman–Crippen LogP) is 3.26. The maximum Gasteiger partial charge on any atom is 0.191 e. The van der Waals surface area contributed by atoms with Gasteiger partial charge >= 0.3 is 0 Å². The van der Waals surface area contributed by atoms with Crippen molar-refractivity contribution in [1.82, 2.24) is 10.6 Å². The third-order valence-electron chi connectivity index (χ3n) is 4.73. The number of hydrogen-bond acceptors (Lipinski definition) is 5. The van der Waals surface area contributed by atoms with Crippen molar-refractivity contribution in [2.24, 2.45) is 4.99 Å². The van der Waals surface area contributed by atoms with Crippen LogP contribution in [-0.4, -0.2) is 48.8 Å². The molecule has 1 aliphatic rings. The van der Waals surface area contributed by atoms with Crippen LogP contribution in [0, 0.1) is 0 Å². The first kappa shape index (κ1) is 21.0. The Labute approximate surface area is 176 Å². The van der Waals surface area contributed by atoms with Gasteiger partial charge in [0.25, 0.3) is 0 Å². The number of thioether (sulfide) groups is 1. The summed E-state index contributed by atoms with van der Waals surface area (Å²) in [5.41, 5.74) is 1.56. The normalized spacial score (nSPS) is 17.2. The highest BCUT2D eigenvalue weighted by molar-refractivity contribution is 7.99. The fraction of sp³-hybridized carbons (Fsp3) is 0.476. The molecule has 0 spiro atoms. The highest BCUT2D eigenvalue weighted by atomic mass is 32.2. The van der Waals surface area contributed by atoms with E-state index in [-0.39, 0.29) is 0 Å². The number of nitrogens with zero attached hydrogens (tertiary/aromatic N) is 2. The van der Waals surface area contributed by atoms with Crippen molar-refractivity contribution in [3.8, 4) is 0 Å². The summed E-state index contributed by atoms with van der Waals surface area (Å²) in [5, 5.41) is 19.2. The summed E-state index contributed by atoms with van der Waals surface area (Å²) in [6.45, 7) is 7.91. The highest BCUT2D eigenvalue weighted by Gasteiger charge is 2.24. The molecule has 2 aromatic rings. The molecule has 1 aromatic heterocycles. The molecule has 1 atom stereocenters. The van der Waals surface area contributed by atoms with E-state index in [4.69, 9.17) is 0 Å². The van der Waals surface area contributed by atoms with E-state index in [1.54, 1.807) is 11.3 Å². The van der Waals surface area contributed by atoms with Crippen molar-refractivity contribution in [3.63, 3.8) is 0 Å². The van der Waals surface area contributed by atoms with Crippen molar-refractivity contribution >= 4 is 34.7 Å². The zero-order chi connectivity index (χ0) is 19.8. The first-order valence-corrected chi connectivity index (χ1v) is 11.8. The monoisotopic (exact) mass is 418 g/mol. The van der Waals surface area contributed by atoms with Gasteiger partial charge in [-0.1, -0.05) is 18.2 Å². The fourth-order valence-electron chi connectivity index (χ4n) is 3.07. The molecule has 1 saturated heterocycles. The number of benzene rings is 1. The number of aliphatic imine (C=N–C) groups is 1. The quantitative estimate of drug-likeness (QED) is 0.476. The van der Waals surface area contributed by atoms with Crippen LogP contribution in [0.5, 0.6) is 0 Å². The Morgan fingerprint density at radius 2 is 1.93 bits per heavy atom. The van der Waals surface area contributed by atoms with Crippen molar-refractivity contribution < 1.29 is 5.11 Å². The van der Waals surface area contributed by atoms with Gasteiger partial charge in [-0.15, -0.1) is 11.3 Å². The fourth-order valence-corrected chi connectivity index (χ4v) is 4.76. The van der Waals surface area contributed by atoms with Crippen LogP contribution in [0.25, 0.3) is 0 Å². The van der Waals surface area contributed by atoms with Gasteiger partial charge in [0.15, 0.2) is 5.96 Å². The second-order valence-corrected chi connectivity index (χ2v) is 9.24. The predicted molar refractivity (Wildman–Crippen MR) is 123 cm³/mol. The summed E-state index contributed by atoms with van der Waals surface area (Å²) in [6, 6.07) is 12.6. The molecular weight excluding hydrogens is 388 g/mol. The molecule has 0 saturated carbocycles. The standard InChI is InChI=1S/C21H30N4OS2/c1-3-22-20(24-16-21(2,26)19-5-4-12-28-19)23-15-17-6-8-18(9-7-17)25-10-13-27-14-11-25/h4-9,12,26H,3,10-11,13-16H2,1-2H3,(H2,22,23,24). The smallest absolute Gasteiger partial charge is 0.191 e. The number of hydrogen-bond donors (Lipinski definition) is 3. The maximum absolute atomic E-state index is 10.7. The Balaban J connectivity index is 1.57. The van der Waals surface area contributed by atoms with Crippen molar-refractivity contribution in [3.05, 3.63) is 52.2 Å². The molecular formula is C21H30N4OS2. The summed E-state index contributed by atoms with van der Waals surface area (Å²) in [7, 11) is 0. The number of anilines is 1. The van der Waals surface area contributed by atoms with E-state index >= 15 is 0 Å². The largest absolute Gasteiger partial charge is 0.383 e. The molecule has 3 rings (SSSR count). The van der Waals surface area contributed by atoms with E-state index < -0.39 is 5.60 Å². The summed E-state index contributed by atoms with van der Waals surface area (Å²) in [6.07, 6.45) is 0. The molecule has 1 unspecified atom stereocenters. The lowest BCUT2D eigenvalue weighted by atomic mass is 10.1. The van der Waals surface area contributed by atoms with E-state index in [9.17, 15) is 5.11 Å². The molecule has 1 aliphatic heterocycles. The molecule has 0 aliphatic carbocycles. The molecule has 2 heterocycles. The van der Waals surface area contributed by atoms with Gasteiger partial charge in [-0.25, -0.2) is 4.99 Å². The molecule has 7 heteroatoms. The van der Waals surface area contributed by atoms with Gasteiger partial charge < -0.3 is 20.6 Å². The van der Waals surface area contributed by atoms with Crippen LogP contribution in [0.4, 0.5) is 5.69 Å². The summed E-state index contributed by atoms with van der Waals surface area (Å²) < 4.78 is 0. The number of guanidine groups is 1. The average molecular weight is 419 g/mol. The molecule has 0 amide bonds. The minimum atomic E-state index is -0.918. The lowest BCUT2D eigenvalue weighted by Crippen LogP contribution is -2.44. The number of rotatable bonds is 7. The van der Waals surface area contributed by atoms with Gasteiger partial charge in [0, 0.05) is 41.7 Å². The van der Waals surface area contributed by atoms with Crippen LogP contribution in [-0.2, 0) is 12.1 Å². The van der Waals surface area contributed by atoms with Crippen LogP contribution in [0.15, 0.2) is 46.8 Å². The Hall–Kier alpha value is -1.70. The van der Waals surface area contributed by atoms with E-state index in [0.29, 0.717) is 13.1 Å². The Morgan fingerprint density at radius 3 is 2.57 bits per heavy atom. The van der Waals surface area contributed by atoms with Gasteiger partial charge in [0.05, 0.1) is 13.1 Å². The molecule has 1 aromatic carbocycles.